The first-order valence-electron chi connectivity index (χ1n) is 8.41. The number of rotatable bonds is 2. The fraction of sp³-hybridized carbons (Fsp3) is 0.556. The summed E-state index contributed by atoms with van der Waals surface area (Å²) in [4.78, 5) is 4.88. The monoisotopic (exact) mass is 317 g/mol. The molecule has 4 rings (SSSR count). The van der Waals surface area contributed by atoms with Crippen molar-refractivity contribution in [3.63, 3.8) is 0 Å². The first-order valence-corrected chi connectivity index (χ1v) is 8.41. The van der Waals surface area contributed by atoms with Crippen LogP contribution in [0.5, 0.6) is 0 Å². The minimum absolute atomic E-state index is 0.179. The predicted molar refractivity (Wildman–Crippen MR) is 88.7 cm³/mol. The number of aliphatic hydroxyl groups excluding tert-OH is 1. The minimum atomic E-state index is -0.182. The van der Waals surface area contributed by atoms with E-state index >= 15 is 0 Å². The summed E-state index contributed by atoms with van der Waals surface area (Å²) in [5.74, 6) is -0.179. The van der Waals surface area contributed by atoms with Gasteiger partial charge in [0, 0.05) is 62.4 Å². The Kier molecular flexibility index (Phi) is 3.67. The van der Waals surface area contributed by atoms with Gasteiger partial charge in [-0.2, -0.15) is 0 Å². The van der Waals surface area contributed by atoms with E-state index in [2.05, 4.69) is 27.5 Å². The Bertz CT molecular complexity index is 728. The van der Waals surface area contributed by atoms with Gasteiger partial charge in [-0.25, -0.2) is 4.39 Å². The molecule has 0 bridgehead atoms. The van der Waals surface area contributed by atoms with E-state index in [4.69, 9.17) is 0 Å². The number of hydrogen-bond donors (Lipinski definition) is 1. The highest BCUT2D eigenvalue weighted by molar-refractivity contribution is 5.84. The number of aryl methyl sites for hydroxylation is 1. The van der Waals surface area contributed by atoms with Crippen LogP contribution < -0.4 is 0 Å². The van der Waals surface area contributed by atoms with Crippen LogP contribution >= 0.6 is 0 Å². The van der Waals surface area contributed by atoms with Gasteiger partial charge in [-0.1, -0.05) is 0 Å². The molecule has 0 aliphatic carbocycles. The summed E-state index contributed by atoms with van der Waals surface area (Å²) < 4.78 is 15.7. The lowest BCUT2D eigenvalue weighted by Gasteiger charge is -2.42. The van der Waals surface area contributed by atoms with Crippen LogP contribution in [0.4, 0.5) is 4.39 Å². The van der Waals surface area contributed by atoms with Gasteiger partial charge in [0.2, 0.25) is 0 Å². The average Bonchev–Trinajstić information content (AvgIpc) is 2.99. The molecule has 0 radical (unpaired) electrons. The summed E-state index contributed by atoms with van der Waals surface area (Å²) in [6, 6.07) is 5.91. The van der Waals surface area contributed by atoms with Crippen LogP contribution in [0, 0.1) is 5.82 Å². The third-order valence-corrected chi connectivity index (χ3v) is 5.48. The van der Waals surface area contributed by atoms with Crippen molar-refractivity contribution in [3.05, 3.63) is 35.8 Å². The number of aliphatic hydroxyl groups is 1. The van der Waals surface area contributed by atoms with Gasteiger partial charge in [-0.15, -0.1) is 0 Å². The van der Waals surface area contributed by atoms with E-state index in [1.54, 1.807) is 6.07 Å². The largest absolute Gasteiger partial charge is 0.392 e. The lowest BCUT2D eigenvalue weighted by atomic mass is 10.1. The van der Waals surface area contributed by atoms with E-state index in [0.717, 1.165) is 43.5 Å². The minimum Gasteiger partial charge on any atom is -0.392 e. The molecule has 0 spiro atoms. The van der Waals surface area contributed by atoms with Crippen molar-refractivity contribution in [2.45, 2.75) is 38.1 Å². The van der Waals surface area contributed by atoms with Gasteiger partial charge in [0.1, 0.15) is 5.82 Å². The first kappa shape index (κ1) is 15.1. The van der Waals surface area contributed by atoms with Gasteiger partial charge >= 0.3 is 0 Å². The normalized spacial score (nSPS) is 29.3. The van der Waals surface area contributed by atoms with Gasteiger partial charge in [0.15, 0.2) is 0 Å². The molecule has 3 atom stereocenters. The van der Waals surface area contributed by atoms with Crippen LogP contribution in [0.3, 0.4) is 0 Å². The molecule has 1 unspecified atom stereocenters. The van der Waals surface area contributed by atoms with Crippen LogP contribution in [-0.2, 0) is 13.6 Å². The Morgan fingerprint density at radius 2 is 2.09 bits per heavy atom. The average molecular weight is 317 g/mol. The summed E-state index contributed by atoms with van der Waals surface area (Å²) in [6.45, 7) is 5.86. The Balaban J connectivity index is 1.59. The molecule has 0 saturated carbocycles. The second kappa shape index (κ2) is 5.58. The molecule has 1 aromatic carbocycles. The molecular formula is C18H24FN3O. The van der Waals surface area contributed by atoms with Crippen molar-refractivity contribution < 1.29 is 9.50 Å². The molecule has 124 valence electrons. The zero-order valence-electron chi connectivity index (χ0n) is 13.7. The third-order valence-electron chi connectivity index (χ3n) is 5.48. The summed E-state index contributed by atoms with van der Waals surface area (Å²) in [5, 5.41) is 10.9. The van der Waals surface area contributed by atoms with Crippen molar-refractivity contribution in [1.29, 1.82) is 0 Å². The zero-order chi connectivity index (χ0) is 16.1. The van der Waals surface area contributed by atoms with Crippen molar-refractivity contribution in [3.8, 4) is 0 Å². The maximum absolute atomic E-state index is 13.6. The van der Waals surface area contributed by atoms with E-state index in [1.807, 2.05) is 13.1 Å². The van der Waals surface area contributed by atoms with Crippen molar-refractivity contribution in [2.75, 3.05) is 19.6 Å². The molecule has 23 heavy (non-hydrogen) atoms. The molecule has 1 N–H and O–H groups in total. The van der Waals surface area contributed by atoms with Crippen LogP contribution in [0.1, 0.15) is 18.9 Å². The van der Waals surface area contributed by atoms with Gasteiger partial charge in [-0.05, 0) is 37.1 Å². The number of aromatic nitrogens is 1. The lowest BCUT2D eigenvalue weighted by Crippen LogP contribution is -2.54. The molecule has 4 nitrogen and oxygen atoms in total. The Morgan fingerprint density at radius 3 is 2.91 bits per heavy atom. The summed E-state index contributed by atoms with van der Waals surface area (Å²) >= 11 is 0. The van der Waals surface area contributed by atoms with E-state index in [1.165, 1.54) is 11.6 Å². The van der Waals surface area contributed by atoms with Crippen LogP contribution in [-0.4, -0.2) is 57.3 Å². The number of halogens is 1. The summed E-state index contributed by atoms with van der Waals surface area (Å²) in [7, 11) is 2.01. The van der Waals surface area contributed by atoms with Crippen LogP contribution in [0.15, 0.2) is 24.4 Å². The number of piperazine rings is 1. The summed E-state index contributed by atoms with van der Waals surface area (Å²) in [5.41, 5.74) is 2.25. The van der Waals surface area contributed by atoms with Crippen molar-refractivity contribution >= 4 is 10.9 Å². The maximum atomic E-state index is 13.6. The number of fused-ring (bicyclic) bond motifs is 2. The fourth-order valence-electron chi connectivity index (χ4n) is 4.29. The second-order valence-corrected chi connectivity index (χ2v) is 7.20. The van der Waals surface area contributed by atoms with Gasteiger partial charge < -0.3 is 9.67 Å². The van der Waals surface area contributed by atoms with Gasteiger partial charge in [0.05, 0.1) is 6.10 Å². The molecule has 3 heterocycles. The fourth-order valence-corrected chi connectivity index (χ4v) is 4.29. The van der Waals surface area contributed by atoms with E-state index in [-0.39, 0.29) is 11.9 Å². The zero-order valence-corrected chi connectivity index (χ0v) is 13.7. The Morgan fingerprint density at radius 1 is 1.26 bits per heavy atom. The van der Waals surface area contributed by atoms with Crippen LogP contribution in [0.2, 0.25) is 0 Å². The Hall–Kier alpha value is -1.43. The quantitative estimate of drug-likeness (QED) is 0.919. The standard InChI is InChI=1S/C18H24FN3O/c1-12-7-22-11-16(23)6-15(22)10-21(12)9-13-8-20(2)18-4-3-14(19)5-17(13)18/h3-5,8,12,15-16,23H,6-7,9-11H2,1-2H3/t12-,15?,16+/m0/s1. The first-order chi connectivity index (χ1) is 11.0. The SMILES string of the molecule is C[C@H]1CN2C[C@H](O)CC2CN1Cc1cn(C)c2ccc(F)cc12. The molecule has 2 fully saturated rings. The molecule has 5 heteroatoms. The smallest absolute Gasteiger partial charge is 0.123 e. The molecule has 2 aliphatic heterocycles. The Labute approximate surface area is 136 Å². The number of benzene rings is 1. The van der Waals surface area contributed by atoms with Gasteiger partial charge in [-0.3, -0.25) is 9.80 Å². The molecule has 2 saturated heterocycles. The third kappa shape index (κ3) is 2.67. The molecule has 0 amide bonds. The second-order valence-electron chi connectivity index (χ2n) is 7.20. The van der Waals surface area contributed by atoms with E-state index in [9.17, 15) is 9.50 Å². The van der Waals surface area contributed by atoms with Crippen LogP contribution in [0.25, 0.3) is 10.9 Å². The highest BCUT2D eigenvalue weighted by Gasteiger charge is 2.38. The topological polar surface area (TPSA) is 31.6 Å². The predicted octanol–water partition coefficient (Wildman–Crippen LogP) is 1.96. The number of hydrogen-bond acceptors (Lipinski definition) is 3. The molecule has 1 aromatic heterocycles. The maximum Gasteiger partial charge on any atom is 0.123 e. The summed E-state index contributed by atoms with van der Waals surface area (Å²) in [6.07, 6.45) is 2.80. The van der Waals surface area contributed by atoms with Gasteiger partial charge in [0.25, 0.3) is 0 Å². The highest BCUT2D eigenvalue weighted by atomic mass is 19.1. The highest BCUT2D eigenvalue weighted by Crippen LogP contribution is 2.28. The molecule has 2 aromatic rings. The molecular weight excluding hydrogens is 293 g/mol. The lowest BCUT2D eigenvalue weighted by molar-refractivity contribution is 0.0531. The van der Waals surface area contributed by atoms with E-state index < -0.39 is 0 Å². The van der Waals surface area contributed by atoms with E-state index in [0.29, 0.717) is 12.1 Å². The van der Waals surface area contributed by atoms with Crippen molar-refractivity contribution in [1.82, 2.24) is 14.4 Å². The van der Waals surface area contributed by atoms with Crippen molar-refractivity contribution in [2.24, 2.45) is 7.05 Å². The molecule has 2 aliphatic rings. The number of nitrogens with zero attached hydrogens (tertiary/aromatic N) is 3.